The highest BCUT2D eigenvalue weighted by molar-refractivity contribution is 6.30. The van der Waals surface area contributed by atoms with Gasteiger partial charge < -0.3 is 0 Å². The Morgan fingerprint density at radius 2 is 1.52 bits per heavy atom. The number of fused-ring (bicyclic) bond motifs is 3. The van der Waals surface area contributed by atoms with Gasteiger partial charge in [-0.1, -0.05) is 23.7 Å². The summed E-state index contributed by atoms with van der Waals surface area (Å²) in [5.41, 5.74) is 1.22. The molecule has 0 bridgehead atoms. The zero-order valence-electron chi connectivity index (χ0n) is 15.3. The van der Waals surface area contributed by atoms with Crippen LogP contribution in [0.25, 0.3) is 0 Å². The number of hydrogen-bond donors (Lipinski definition) is 0. The molecule has 8 nitrogen and oxygen atoms in total. The van der Waals surface area contributed by atoms with Crippen LogP contribution in [-0.2, 0) is 9.59 Å². The van der Waals surface area contributed by atoms with Crippen molar-refractivity contribution in [3.8, 4) is 0 Å². The van der Waals surface area contributed by atoms with Gasteiger partial charge in [-0.3, -0.25) is 19.7 Å². The van der Waals surface area contributed by atoms with E-state index in [1.54, 1.807) is 12.1 Å². The van der Waals surface area contributed by atoms with Gasteiger partial charge in [0.25, 0.3) is 11.6 Å². The molecule has 0 aromatic heterocycles. The second kappa shape index (κ2) is 6.62. The van der Waals surface area contributed by atoms with E-state index in [1.165, 1.54) is 29.2 Å². The SMILES string of the molecule is O=C1[C@H]2[C@@H](C(=O)N1c1ccc([N+](=O)[O-])cc1)N1CCCN1[C@H]2c1ccc(Cl)cc1. The molecule has 2 aromatic rings. The van der Waals surface area contributed by atoms with Crippen molar-refractivity contribution in [2.24, 2.45) is 5.92 Å². The fraction of sp³-hybridized carbons (Fsp3) is 0.300. The number of benzene rings is 2. The molecular weight excluding hydrogens is 396 g/mol. The number of nitro benzene ring substituents is 1. The summed E-state index contributed by atoms with van der Waals surface area (Å²) in [6, 6.07) is 12.1. The Morgan fingerprint density at radius 1 is 0.897 bits per heavy atom. The predicted octanol–water partition coefficient (Wildman–Crippen LogP) is 2.78. The molecule has 2 amide bonds. The number of hydrazine groups is 1. The Balaban J connectivity index is 1.54. The zero-order valence-corrected chi connectivity index (χ0v) is 16.0. The molecule has 3 saturated heterocycles. The van der Waals surface area contributed by atoms with Crippen LogP contribution >= 0.6 is 11.6 Å². The highest BCUT2D eigenvalue weighted by Gasteiger charge is 2.62. The van der Waals surface area contributed by atoms with Crippen molar-refractivity contribution in [2.75, 3.05) is 18.0 Å². The minimum Gasteiger partial charge on any atom is -0.274 e. The molecular formula is C20H17ClN4O4. The standard InChI is InChI=1S/C20H17ClN4O4/c21-13-4-2-12(3-5-13)17-16-18(23-11-1-10-22(17)23)20(27)24(19(16)26)14-6-8-15(9-7-14)25(28)29/h2-9,16-18H,1,10-11H2/t16-,17+,18+/m1/s1. The summed E-state index contributed by atoms with van der Waals surface area (Å²) in [5, 5.41) is 15.7. The number of nitro groups is 1. The van der Waals surface area contributed by atoms with Crippen LogP contribution in [0.5, 0.6) is 0 Å². The molecule has 29 heavy (non-hydrogen) atoms. The van der Waals surface area contributed by atoms with Crippen LogP contribution in [0.15, 0.2) is 48.5 Å². The molecule has 148 valence electrons. The first-order valence-electron chi connectivity index (χ1n) is 9.38. The first-order chi connectivity index (χ1) is 14.0. The van der Waals surface area contributed by atoms with Crippen LogP contribution in [0, 0.1) is 16.0 Å². The minimum absolute atomic E-state index is 0.0854. The summed E-state index contributed by atoms with van der Waals surface area (Å²) in [4.78, 5) is 38.2. The van der Waals surface area contributed by atoms with Gasteiger partial charge in [0.15, 0.2) is 0 Å². The molecule has 5 rings (SSSR count). The van der Waals surface area contributed by atoms with Crippen molar-refractivity contribution >= 4 is 34.8 Å². The maximum atomic E-state index is 13.4. The third-order valence-corrected chi connectivity index (χ3v) is 6.19. The van der Waals surface area contributed by atoms with Crippen molar-refractivity contribution in [2.45, 2.75) is 18.5 Å². The van der Waals surface area contributed by atoms with E-state index in [4.69, 9.17) is 11.6 Å². The van der Waals surface area contributed by atoms with Crippen molar-refractivity contribution < 1.29 is 14.5 Å². The van der Waals surface area contributed by atoms with Gasteiger partial charge >= 0.3 is 0 Å². The lowest BCUT2D eigenvalue weighted by atomic mass is 9.90. The normalized spacial score (nSPS) is 26.8. The number of amides is 2. The molecule has 3 fully saturated rings. The topological polar surface area (TPSA) is 87.0 Å². The lowest BCUT2D eigenvalue weighted by Gasteiger charge is -2.29. The smallest absolute Gasteiger partial charge is 0.269 e. The lowest BCUT2D eigenvalue weighted by Crippen LogP contribution is -2.44. The molecule has 9 heteroatoms. The highest BCUT2D eigenvalue weighted by Crippen LogP contribution is 2.49. The predicted molar refractivity (Wildman–Crippen MR) is 105 cm³/mol. The van der Waals surface area contributed by atoms with Crippen LogP contribution in [-0.4, -0.2) is 45.9 Å². The maximum absolute atomic E-state index is 13.4. The van der Waals surface area contributed by atoms with Crippen LogP contribution in [0.1, 0.15) is 18.0 Å². The minimum atomic E-state index is -0.555. The second-order valence-corrected chi connectivity index (χ2v) is 7.87. The third-order valence-electron chi connectivity index (χ3n) is 5.94. The molecule has 0 spiro atoms. The Hall–Kier alpha value is -2.81. The van der Waals surface area contributed by atoms with Crippen LogP contribution in [0.2, 0.25) is 5.02 Å². The van der Waals surface area contributed by atoms with E-state index in [2.05, 4.69) is 5.01 Å². The number of anilines is 1. The average molecular weight is 413 g/mol. The van der Waals surface area contributed by atoms with E-state index in [-0.39, 0.29) is 23.5 Å². The fourth-order valence-corrected chi connectivity index (χ4v) is 4.88. The van der Waals surface area contributed by atoms with Crippen LogP contribution in [0.4, 0.5) is 11.4 Å². The molecule has 2 aromatic carbocycles. The molecule has 3 aliphatic heterocycles. The Kier molecular flexibility index (Phi) is 4.16. The van der Waals surface area contributed by atoms with Gasteiger partial charge in [-0.05, 0) is 36.2 Å². The number of carbonyl (C=O) groups is 2. The maximum Gasteiger partial charge on any atom is 0.269 e. The molecule has 0 aliphatic carbocycles. The highest BCUT2D eigenvalue weighted by atomic mass is 35.5. The second-order valence-electron chi connectivity index (χ2n) is 7.43. The van der Waals surface area contributed by atoms with E-state index in [1.807, 2.05) is 17.1 Å². The van der Waals surface area contributed by atoms with Gasteiger partial charge in [-0.15, -0.1) is 0 Å². The molecule has 3 heterocycles. The van der Waals surface area contributed by atoms with Crippen molar-refractivity contribution in [1.82, 2.24) is 10.0 Å². The summed E-state index contributed by atoms with van der Waals surface area (Å²) >= 11 is 6.03. The fourth-order valence-electron chi connectivity index (χ4n) is 4.75. The van der Waals surface area contributed by atoms with Crippen molar-refractivity contribution in [1.29, 1.82) is 0 Å². The molecule has 0 N–H and O–H groups in total. The summed E-state index contributed by atoms with van der Waals surface area (Å²) < 4.78 is 0. The average Bonchev–Trinajstić information content (AvgIpc) is 3.35. The number of hydrogen-bond acceptors (Lipinski definition) is 6. The molecule has 0 radical (unpaired) electrons. The lowest BCUT2D eigenvalue weighted by molar-refractivity contribution is -0.384. The Labute approximate surface area is 171 Å². The summed E-state index contributed by atoms with van der Waals surface area (Å²) in [6.45, 7) is 1.51. The number of nitrogens with zero attached hydrogens (tertiary/aromatic N) is 4. The first-order valence-corrected chi connectivity index (χ1v) is 9.76. The number of rotatable bonds is 3. The van der Waals surface area contributed by atoms with Gasteiger partial charge in [0.2, 0.25) is 5.91 Å². The Morgan fingerprint density at radius 3 is 2.14 bits per heavy atom. The van der Waals surface area contributed by atoms with E-state index in [0.29, 0.717) is 10.7 Å². The van der Waals surface area contributed by atoms with Gasteiger partial charge in [-0.25, -0.2) is 14.9 Å². The van der Waals surface area contributed by atoms with E-state index < -0.39 is 16.9 Å². The van der Waals surface area contributed by atoms with E-state index in [9.17, 15) is 19.7 Å². The molecule has 3 atom stereocenters. The first kappa shape index (κ1) is 18.2. The van der Waals surface area contributed by atoms with Gasteiger partial charge in [0.1, 0.15) is 6.04 Å². The van der Waals surface area contributed by atoms with Crippen molar-refractivity contribution in [3.63, 3.8) is 0 Å². The number of imide groups is 1. The van der Waals surface area contributed by atoms with Gasteiger partial charge in [0.05, 0.1) is 22.6 Å². The summed E-state index contributed by atoms with van der Waals surface area (Å²) in [6.07, 6.45) is 0.923. The molecule has 0 unspecified atom stereocenters. The van der Waals surface area contributed by atoms with Crippen molar-refractivity contribution in [3.05, 3.63) is 69.2 Å². The van der Waals surface area contributed by atoms with E-state index in [0.717, 1.165) is 25.1 Å². The number of non-ortho nitro benzene ring substituents is 1. The van der Waals surface area contributed by atoms with Crippen LogP contribution in [0.3, 0.4) is 0 Å². The van der Waals surface area contributed by atoms with Gasteiger partial charge in [-0.2, -0.15) is 0 Å². The third kappa shape index (κ3) is 2.67. The van der Waals surface area contributed by atoms with E-state index >= 15 is 0 Å². The zero-order chi connectivity index (χ0) is 20.3. The Bertz CT molecular complexity index is 1010. The summed E-state index contributed by atoms with van der Waals surface area (Å²) in [7, 11) is 0. The molecule has 3 aliphatic rings. The quantitative estimate of drug-likeness (QED) is 0.437. The van der Waals surface area contributed by atoms with Crippen LogP contribution < -0.4 is 4.90 Å². The molecule has 0 saturated carbocycles. The number of carbonyl (C=O) groups excluding carboxylic acids is 2. The largest absolute Gasteiger partial charge is 0.274 e. The monoisotopic (exact) mass is 412 g/mol. The number of halogens is 1. The summed E-state index contributed by atoms with van der Waals surface area (Å²) in [5.74, 6) is -1.08. The van der Waals surface area contributed by atoms with Gasteiger partial charge in [0, 0.05) is 30.2 Å².